The van der Waals surface area contributed by atoms with Crippen molar-refractivity contribution >= 4 is 11.9 Å². The molecule has 0 radical (unpaired) electrons. The Morgan fingerprint density at radius 2 is 2.08 bits per heavy atom. The molecule has 12 heavy (non-hydrogen) atoms. The molecule has 0 spiro atoms. The molecule has 0 unspecified atom stereocenters. The monoisotopic (exact) mass is 172 g/mol. The summed E-state index contributed by atoms with van der Waals surface area (Å²) in [5.41, 5.74) is 5.11. The Hall–Kier alpha value is -1.36. The number of esters is 1. The molecular weight excluding hydrogens is 160 g/mol. The molecule has 5 heteroatoms. The van der Waals surface area contributed by atoms with E-state index in [2.05, 4.69) is 16.6 Å². The Morgan fingerprint density at radius 1 is 1.58 bits per heavy atom. The summed E-state index contributed by atoms with van der Waals surface area (Å²) in [6.07, 6.45) is 0. The second-order valence-corrected chi connectivity index (χ2v) is 2.25. The van der Waals surface area contributed by atoms with E-state index in [1.807, 2.05) is 0 Å². The Balaban J connectivity index is 4.02. The molecule has 1 atom stereocenters. The highest BCUT2D eigenvalue weighted by Crippen LogP contribution is 1.88. The number of carbonyl (C=O) groups excluding carboxylic acids is 2. The molecule has 0 aliphatic rings. The van der Waals surface area contributed by atoms with Crippen LogP contribution in [0.25, 0.3) is 0 Å². The predicted octanol–water partition coefficient (Wildman–Crippen LogP) is -0.863. The van der Waals surface area contributed by atoms with Crippen LogP contribution < -0.4 is 11.1 Å². The zero-order chi connectivity index (χ0) is 9.72. The van der Waals surface area contributed by atoms with E-state index in [1.54, 1.807) is 0 Å². The number of amides is 1. The van der Waals surface area contributed by atoms with E-state index in [0.717, 1.165) is 0 Å². The topological polar surface area (TPSA) is 81.4 Å². The third-order valence-electron chi connectivity index (χ3n) is 1.12. The van der Waals surface area contributed by atoms with Gasteiger partial charge in [0.15, 0.2) is 0 Å². The lowest BCUT2D eigenvalue weighted by molar-refractivity contribution is -0.137. The number of rotatable bonds is 3. The van der Waals surface area contributed by atoms with Crippen molar-refractivity contribution in [2.24, 2.45) is 5.73 Å². The standard InChI is InChI=1S/C7H12N2O3/c1-4(8)6(10)9-5(2)7(11)12-3/h4H,2,8H2,1,3H3,(H,9,10)/t4-/m1/s1. The lowest BCUT2D eigenvalue weighted by atomic mass is 10.3. The first-order chi connectivity index (χ1) is 5.49. The lowest BCUT2D eigenvalue weighted by Crippen LogP contribution is -2.39. The first kappa shape index (κ1) is 10.6. The molecule has 0 aliphatic carbocycles. The molecule has 0 saturated carbocycles. The van der Waals surface area contributed by atoms with Crippen molar-refractivity contribution in [1.29, 1.82) is 0 Å². The Morgan fingerprint density at radius 3 is 2.42 bits per heavy atom. The van der Waals surface area contributed by atoms with Crippen molar-refractivity contribution in [3.8, 4) is 0 Å². The molecule has 5 nitrogen and oxygen atoms in total. The van der Waals surface area contributed by atoms with Crippen molar-refractivity contribution in [1.82, 2.24) is 5.32 Å². The quantitative estimate of drug-likeness (QED) is 0.428. The van der Waals surface area contributed by atoms with E-state index in [1.165, 1.54) is 14.0 Å². The van der Waals surface area contributed by atoms with Gasteiger partial charge >= 0.3 is 5.97 Å². The summed E-state index contributed by atoms with van der Waals surface area (Å²) in [4.78, 5) is 21.6. The van der Waals surface area contributed by atoms with Crippen LogP contribution in [0.2, 0.25) is 0 Å². The van der Waals surface area contributed by atoms with Crippen molar-refractivity contribution < 1.29 is 14.3 Å². The molecule has 0 aromatic heterocycles. The van der Waals surface area contributed by atoms with E-state index in [4.69, 9.17) is 5.73 Å². The van der Waals surface area contributed by atoms with Gasteiger partial charge in [0.25, 0.3) is 0 Å². The zero-order valence-corrected chi connectivity index (χ0v) is 7.09. The average molecular weight is 172 g/mol. The first-order valence-electron chi connectivity index (χ1n) is 3.32. The zero-order valence-electron chi connectivity index (χ0n) is 7.09. The number of hydrogen-bond acceptors (Lipinski definition) is 4. The highest BCUT2D eigenvalue weighted by molar-refractivity contribution is 5.94. The molecule has 0 aromatic carbocycles. The summed E-state index contributed by atoms with van der Waals surface area (Å²) < 4.78 is 4.30. The van der Waals surface area contributed by atoms with Crippen LogP contribution in [0.4, 0.5) is 0 Å². The maximum Gasteiger partial charge on any atom is 0.353 e. The summed E-state index contributed by atoms with van der Waals surface area (Å²) >= 11 is 0. The van der Waals surface area contributed by atoms with Crippen molar-refractivity contribution in [2.45, 2.75) is 13.0 Å². The van der Waals surface area contributed by atoms with Crippen LogP contribution >= 0.6 is 0 Å². The average Bonchev–Trinajstić information content (AvgIpc) is 2.02. The molecular formula is C7H12N2O3. The molecule has 0 aliphatic heterocycles. The van der Waals surface area contributed by atoms with Gasteiger partial charge in [-0.2, -0.15) is 0 Å². The van der Waals surface area contributed by atoms with Crippen LogP contribution in [-0.4, -0.2) is 25.0 Å². The molecule has 0 heterocycles. The van der Waals surface area contributed by atoms with Gasteiger partial charge in [0, 0.05) is 0 Å². The molecule has 0 aromatic rings. The summed E-state index contributed by atoms with van der Waals surface area (Å²) in [6.45, 7) is 4.79. The highest BCUT2D eigenvalue weighted by atomic mass is 16.5. The van der Waals surface area contributed by atoms with Crippen LogP contribution in [0.15, 0.2) is 12.3 Å². The number of methoxy groups -OCH3 is 1. The Kier molecular flexibility index (Phi) is 3.99. The maximum absolute atomic E-state index is 10.9. The fraction of sp³-hybridized carbons (Fsp3) is 0.429. The number of nitrogens with two attached hydrogens (primary N) is 1. The number of carbonyl (C=O) groups is 2. The van der Waals surface area contributed by atoms with E-state index >= 15 is 0 Å². The number of ether oxygens (including phenoxy) is 1. The second kappa shape index (κ2) is 4.50. The SMILES string of the molecule is C=C(NC(=O)[C@@H](C)N)C(=O)OC. The van der Waals surface area contributed by atoms with Gasteiger partial charge in [-0.05, 0) is 6.92 Å². The second-order valence-electron chi connectivity index (χ2n) is 2.25. The van der Waals surface area contributed by atoms with Gasteiger partial charge in [0.2, 0.25) is 5.91 Å². The minimum atomic E-state index is -0.677. The van der Waals surface area contributed by atoms with Crippen LogP contribution in [0, 0.1) is 0 Å². The molecule has 68 valence electrons. The number of hydrogen-bond donors (Lipinski definition) is 2. The Bertz CT molecular complexity index is 211. The summed E-state index contributed by atoms with van der Waals surface area (Å²) in [5, 5.41) is 2.20. The van der Waals surface area contributed by atoms with E-state index in [0.29, 0.717) is 0 Å². The van der Waals surface area contributed by atoms with Gasteiger partial charge in [0.05, 0.1) is 13.2 Å². The predicted molar refractivity (Wildman–Crippen MR) is 42.9 cm³/mol. The molecule has 0 saturated heterocycles. The van der Waals surface area contributed by atoms with Crippen molar-refractivity contribution in [3.63, 3.8) is 0 Å². The molecule has 1 amide bonds. The van der Waals surface area contributed by atoms with E-state index in [9.17, 15) is 9.59 Å². The normalized spacial score (nSPS) is 11.6. The molecule has 0 bridgehead atoms. The first-order valence-corrected chi connectivity index (χ1v) is 3.32. The molecule has 0 rings (SSSR count). The van der Waals surface area contributed by atoms with Gasteiger partial charge < -0.3 is 15.8 Å². The van der Waals surface area contributed by atoms with E-state index < -0.39 is 17.9 Å². The van der Waals surface area contributed by atoms with Gasteiger partial charge in [-0.3, -0.25) is 4.79 Å². The van der Waals surface area contributed by atoms with Crippen LogP contribution in [0.1, 0.15) is 6.92 Å². The minimum absolute atomic E-state index is 0.111. The van der Waals surface area contributed by atoms with Crippen molar-refractivity contribution in [2.75, 3.05) is 7.11 Å². The van der Waals surface area contributed by atoms with Gasteiger partial charge in [0.1, 0.15) is 5.70 Å². The van der Waals surface area contributed by atoms with Gasteiger partial charge in [-0.15, -0.1) is 0 Å². The summed E-state index contributed by atoms with van der Waals surface area (Å²) in [5.74, 6) is -1.14. The van der Waals surface area contributed by atoms with Crippen LogP contribution in [-0.2, 0) is 14.3 Å². The van der Waals surface area contributed by atoms with E-state index in [-0.39, 0.29) is 5.70 Å². The summed E-state index contributed by atoms with van der Waals surface area (Å²) in [7, 11) is 1.20. The summed E-state index contributed by atoms with van der Waals surface area (Å²) in [6, 6.07) is -0.675. The Labute approximate surface area is 70.6 Å². The van der Waals surface area contributed by atoms with Gasteiger partial charge in [-0.1, -0.05) is 6.58 Å². The van der Waals surface area contributed by atoms with Crippen LogP contribution in [0.3, 0.4) is 0 Å². The van der Waals surface area contributed by atoms with Gasteiger partial charge in [-0.25, -0.2) is 4.79 Å². The molecule has 0 fully saturated rings. The minimum Gasteiger partial charge on any atom is -0.464 e. The third-order valence-corrected chi connectivity index (χ3v) is 1.12. The molecule has 3 N–H and O–H groups in total. The van der Waals surface area contributed by atoms with Crippen LogP contribution in [0.5, 0.6) is 0 Å². The van der Waals surface area contributed by atoms with Crippen molar-refractivity contribution in [3.05, 3.63) is 12.3 Å². The number of nitrogens with one attached hydrogen (secondary N) is 1. The lowest BCUT2D eigenvalue weighted by Gasteiger charge is -2.07. The third kappa shape index (κ3) is 3.16. The fourth-order valence-corrected chi connectivity index (χ4v) is 0.437. The maximum atomic E-state index is 10.9. The largest absolute Gasteiger partial charge is 0.464 e. The smallest absolute Gasteiger partial charge is 0.353 e. The fourth-order valence-electron chi connectivity index (χ4n) is 0.437. The highest BCUT2D eigenvalue weighted by Gasteiger charge is 2.12.